The highest BCUT2D eigenvalue weighted by molar-refractivity contribution is 6.36. The Kier molecular flexibility index (Phi) is 4.25. The molecule has 0 radical (unpaired) electrons. The molecule has 0 aliphatic heterocycles. The van der Waals surface area contributed by atoms with Gasteiger partial charge in [-0.1, -0.05) is 30.3 Å². The molecule has 0 spiro atoms. The average molecular weight is 291 g/mol. The molecule has 0 bridgehead atoms. The third kappa shape index (κ3) is 2.34. The second-order valence-corrected chi connectivity index (χ2v) is 4.36. The summed E-state index contributed by atoms with van der Waals surface area (Å²) in [6, 6.07) is 3.59. The first-order chi connectivity index (χ1) is 9.65. The van der Waals surface area contributed by atoms with E-state index in [0.29, 0.717) is 28.0 Å². The minimum Gasteiger partial charge on any atom is -0.495 e. The van der Waals surface area contributed by atoms with Crippen LogP contribution >= 0.6 is 11.6 Å². The van der Waals surface area contributed by atoms with E-state index in [-0.39, 0.29) is 0 Å². The minimum atomic E-state index is 0.437. The second kappa shape index (κ2) is 5.92. The van der Waals surface area contributed by atoms with E-state index >= 15 is 0 Å². The molecule has 0 aliphatic rings. The highest BCUT2D eigenvalue weighted by Crippen LogP contribution is 2.35. The van der Waals surface area contributed by atoms with Gasteiger partial charge in [-0.3, -0.25) is 0 Å². The van der Waals surface area contributed by atoms with Gasteiger partial charge in [0.25, 0.3) is 0 Å². The number of halogens is 1. The number of methoxy groups -OCH3 is 2. The Morgan fingerprint density at radius 2 is 2.00 bits per heavy atom. The molecule has 0 amide bonds. The van der Waals surface area contributed by atoms with Gasteiger partial charge < -0.3 is 9.47 Å². The number of hydrogen-bond acceptors (Lipinski definition) is 4. The van der Waals surface area contributed by atoms with Gasteiger partial charge in [-0.15, -0.1) is 0 Å². The van der Waals surface area contributed by atoms with E-state index in [1.165, 1.54) is 0 Å². The maximum Gasteiger partial charge on any atom is 0.224 e. The smallest absolute Gasteiger partial charge is 0.224 e. The van der Waals surface area contributed by atoms with E-state index in [1.807, 2.05) is 19.1 Å². The molecule has 0 saturated carbocycles. The van der Waals surface area contributed by atoms with Gasteiger partial charge in [0.15, 0.2) is 5.82 Å². The van der Waals surface area contributed by atoms with Crippen molar-refractivity contribution in [3.63, 3.8) is 0 Å². The number of aromatic nitrogens is 2. The molecule has 0 saturated heterocycles. The van der Waals surface area contributed by atoms with Crippen molar-refractivity contribution in [3.05, 3.63) is 41.7 Å². The van der Waals surface area contributed by atoms with Crippen LogP contribution in [-0.4, -0.2) is 24.2 Å². The number of ether oxygens (including phenoxy) is 2. The van der Waals surface area contributed by atoms with Crippen molar-refractivity contribution in [3.8, 4) is 11.6 Å². The van der Waals surface area contributed by atoms with Gasteiger partial charge >= 0.3 is 0 Å². The Hall–Kier alpha value is -2.07. The largest absolute Gasteiger partial charge is 0.495 e. The molecule has 2 rings (SSSR count). The van der Waals surface area contributed by atoms with Crippen LogP contribution in [0.3, 0.4) is 0 Å². The highest BCUT2D eigenvalue weighted by atomic mass is 35.5. The van der Waals surface area contributed by atoms with Gasteiger partial charge in [-0.2, -0.15) is 4.98 Å². The summed E-state index contributed by atoms with van der Waals surface area (Å²) in [5.41, 5.74) is 1.40. The summed E-state index contributed by atoms with van der Waals surface area (Å²) in [7, 11) is 3.13. The van der Waals surface area contributed by atoms with Crippen LogP contribution in [0, 0.1) is 0 Å². The first-order valence-electron chi connectivity index (χ1n) is 6.03. The molecule has 0 fully saturated rings. The molecule has 2 aromatic rings. The lowest BCUT2D eigenvalue weighted by molar-refractivity contribution is 0.401. The fourth-order valence-electron chi connectivity index (χ4n) is 1.90. The summed E-state index contributed by atoms with van der Waals surface area (Å²) in [5, 5.41) is 1.17. The predicted octanol–water partition coefficient (Wildman–Crippen LogP) is 3.89. The average Bonchev–Trinajstić information content (AvgIpc) is 2.48. The van der Waals surface area contributed by atoms with Crippen LogP contribution in [0.1, 0.15) is 12.7 Å². The SMILES string of the molecule is C=C/C(=C\C)c1nc(OC)c2ccc(OC)c(Cl)c2n1. The molecule has 1 aromatic carbocycles. The number of hydrogen-bond donors (Lipinski definition) is 0. The van der Waals surface area contributed by atoms with Crippen molar-refractivity contribution in [1.29, 1.82) is 0 Å². The molecular formula is C15H15ClN2O2. The van der Waals surface area contributed by atoms with Gasteiger partial charge in [0.1, 0.15) is 16.3 Å². The topological polar surface area (TPSA) is 44.2 Å². The van der Waals surface area contributed by atoms with Crippen molar-refractivity contribution in [2.24, 2.45) is 0 Å². The summed E-state index contributed by atoms with van der Waals surface area (Å²) < 4.78 is 10.5. The van der Waals surface area contributed by atoms with Crippen LogP contribution in [0.25, 0.3) is 16.5 Å². The molecule has 0 N–H and O–H groups in total. The van der Waals surface area contributed by atoms with Crippen LogP contribution in [0.5, 0.6) is 11.6 Å². The first kappa shape index (κ1) is 14.3. The zero-order valence-corrected chi connectivity index (χ0v) is 12.4. The van der Waals surface area contributed by atoms with Crippen molar-refractivity contribution >= 4 is 28.1 Å². The number of rotatable bonds is 4. The van der Waals surface area contributed by atoms with Gasteiger partial charge in [0, 0.05) is 5.57 Å². The molecular weight excluding hydrogens is 276 g/mol. The van der Waals surface area contributed by atoms with E-state index in [9.17, 15) is 0 Å². The number of allylic oxidation sites excluding steroid dienone is 3. The molecule has 1 heterocycles. The number of nitrogens with zero attached hydrogens (tertiary/aromatic N) is 2. The summed E-state index contributed by atoms with van der Waals surface area (Å²) in [4.78, 5) is 8.88. The normalized spacial score (nSPS) is 11.5. The van der Waals surface area contributed by atoms with E-state index in [1.54, 1.807) is 26.4 Å². The molecule has 0 atom stereocenters. The molecule has 4 nitrogen and oxygen atoms in total. The van der Waals surface area contributed by atoms with Crippen LogP contribution in [0.4, 0.5) is 0 Å². The first-order valence-corrected chi connectivity index (χ1v) is 6.41. The Morgan fingerprint density at radius 1 is 1.25 bits per heavy atom. The standard InChI is InChI=1S/C15H15ClN2O2/c1-5-9(6-2)14-17-13-10(15(18-14)20-4)7-8-11(19-3)12(13)16/h5-8H,1H2,2-4H3/b9-6+. The molecule has 20 heavy (non-hydrogen) atoms. The maximum atomic E-state index is 6.32. The van der Waals surface area contributed by atoms with Crippen LogP contribution in [0.2, 0.25) is 5.02 Å². The van der Waals surface area contributed by atoms with Crippen LogP contribution in [0.15, 0.2) is 30.9 Å². The molecule has 104 valence electrons. The summed E-state index contributed by atoms with van der Waals surface area (Å²) in [6.07, 6.45) is 3.57. The van der Waals surface area contributed by atoms with E-state index in [2.05, 4.69) is 16.5 Å². The summed E-state index contributed by atoms with van der Waals surface area (Å²) >= 11 is 6.32. The molecule has 1 aromatic heterocycles. The lowest BCUT2D eigenvalue weighted by Gasteiger charge is -2.11. The molecule has 0 aliphatic carbocycles. The lowest BCUT2D eigenvalue weighted by atomic mass is 10.2. The van der Waals surface area contributed by atoms with Gasteiger partial charge in [-0.25, -0.2) is 4.98 Å². The summed E-state index contributed by atoms with van der Waals surface area (Å²) in [6.45, 7) is 5.65. The Labute approximate surface area is 122 Å². The quantitative estimate of drug-likeness (QED) is 0.801. The Balaban J connectivity index is 2.82. The van der Waals surface area contributed by atoms with Crippen LogP contribution < -0.4 is 9.47 Å². The van der Waals surface area contributed by atoms with Crippen molar-refractivity contribution in [2.75, 3.05) is 14.2 Å². The molecule has 0 unspecified atom stereocenters. The van der Waals surface area contributed by atoms with Gasteiger partial charge in [0.05, 0.1) is 19.6 Å². The van der Waals surface area contributed by atoms with Crippen molar-refractivity contribution in [1.82, 2.24) is 9.97 Å². The predicted molar refractivity (Wildman–Crippen MR) is 81.5 cm³/mol. The summed E-state index contributed by atoms with van der Waals surface area (Å²) in [5.74, 6) is 1.55. The zero-order valence-electron chi connectivity index (χ0n) is 11.6. The van der Waals surface area contributed by atoms with Gasteiger partial charge in [-0.05, 0) is 19.1 Å². The van der Waals surface area contributed by atoms with Crippen molar-refractivity contribution in [2.45, 2.75) is 6.92 Å². The number of fused-ring (bicyclic) bond motifs is 1. The fourth-order valence-corrected chi connectivity index (χ4v) is 2.18. The fraction of sp³-hybridized carbons (Fsp3) is 0.200. The zero-order chi connectivity index (χ0) is 14.7. The Bertz CT molecular complexity index is 696. The van der Waals surface area contributed by atoms with E-state index < -0.39 is 0 Å². The minimum absolute atomic E-state index is 0.437. The molecule has 5 heteroatoms. The third-order valence-electron chi connectivity index (χ3n) is 2.94. The van der Waals surface area contributed by atoms with Crippen LogP contribution in [-0.2, 0) is 0 Å². The highest BCUT2D eigenvalue weighted by Gasteiger charge is 2.15. The van der Waals surface area contributed by atoms with E-state index in [0.717, 1.165) is 11.0 Å². The number of benzene rings is 1. The second-order valence-electron chi connectivity index (χ2n) is 3.98. The lowest BCUT2D eigenvalue weighted by Crippen LogP contribution is -1.99. The van der Waals surface area contributed by atoms with E-state index in [4.69, 9.17) is 21.1 Å². The monoisotopic (exact) mass is 290 g/mol. The van der Waals surface area contributed by atoms with Crippen molar-refractivity contribution < 1.29 is 9.47 Å². The third-order valence-corrected chi connectivity index (χ3v) is 3.30. The maximum absolute atomic E-state index is 6.32. The van der Waals surface area contributed by atoms with Gasteiger partial charge in [0.2, 0.25) is 5.88 Å². The Morgan fingerprint density at radius 3 is 2.55 bits per heavy atom.